The first-order valence-electron chi connectivity index (χ1n) is 19.9. The fourth-order valence-electron chi connectivity index (χ4n) is 9.76. The van der Waals surface area contributed by atoms with Gasteiger partial charge < -0.3 is 29.2 Å². The normalized spacial score (nSPS) is 34.4. The number of aliphatic carboxylic acids is 2. The number of carbonyl (C=O) groups excluding carboxylic acids is 1. The van der Waals surface area contributed by atoms with Gasteiger partial charge in [-0.15, -0.1) is 0 Å². The lowest BCUT2D eigenvalue weighted by Crippen LogP contribution is -2.42. The molecule has 11 nitrogen and oxygen atoms in total. The van der Waals surface area contributed by atoms with E-state index in [1.54, 1.807) is 0 Å². The van der Waals surface area contributed by atoms with Gasteiger partial charge in [0, 0.05) is 5.92 Å². The van der Waals surface area contributed by atoms with Crippen LogP contribution in [0.3, 0.4) is 0 Å². The van der Waals surface area contributed by atoms with Crippen LogP contribution in [0.5, 0.6) is 0 Å². The number of terminal acetylenes is 1. The summed E-state index contributed by atoms with van der Waals surface area (Å²) in [6.07, 6.45) is 28.1. The van der Waals surface area contributed by atoms with Crippen molar-refractivity contribution in [3.8, 4) is 24.7 Å². The second kappa shape index (κ2) is 19.3. The van der Waals surface area contributed by atoms with Gasteiger partial charge in [0.2, 0.25) is 0 Å². The molecule has 5 aliphatic carbocycles. The summed E-state index contributed by atoms with van der Waals surface area (Å²) in [5.74, 6) is -3.45. The Morgan fingerprint density at radius 1 is 0.615 bits per heavy atom. The van der Waals surface area contributed by atoms with Crippen LogP contribution >= 0.6 is 0 Å². The maximum atomic E-state index is 13.2. The average molecular weight is 729 g/mol. The minimum atomic E-state index is -0.977. The third kappa shape index (κ3) is 10.9. The van der Waals surface area contributed by atoms with Gasteiger partial charge in [-0.3, -0.25) is 14.4 Å². The van der Waals surface area contributed by atoms with E-state index < -0.39 is 35.7 Å². The van der Waals surface area contributed by atoms with E-state index in [-0.39, 0.29) is 54.9 Å². The summed E-state index contributed by atoms with van der Waals surface area (Å²) in [5, 5.41) is 19.5. The number of carboxylic acid groups (broad SMARTS) is 2. The maximum Gasteiger partial charge on any atom is 0.310 e. The topological polar surface area (TPSA) is 147 Å². The fourth-order valence-corrected chi connectivity index (χ4v) is 9.76. The van der Waals surface area contributed by atoms with Gasteiger partial charge in [0.1, 0.15) is 30.5 Å². The molecule has 290 valence electrons. The molecule has 5 fully saturated rings. The monoisotopic (exact) mass is 728 g/mol. The van der Waals surface area contributed by atoms with Gasteiger partial charge in [0.05, 0.1) is 30.5 Å². The SMILES string of the molecule is C#COC1CCC(C(=O)O)C(C(=O)OC2CCC(C(C)(C)C3CCC(OOCC4CC(OC#COC5CCCCC5)CCC4C(=O)O)CC3)CC2)C1. The van der Waals surface area contributed by atoms with E-state index in [9.17, 15) is 24.6 Å². The Balaban J connectivity index is 1.01. The Labute approximate surface area is 309 Å². The molecular formula is C41H60O11. The van der Waals surface area contributed by atoms with E-state index in [2.05, 4.69) is 32.2 Å². The molecule has 0 aromatic carbocycles. The lowest BCUT2D eigenvalue weighted by atomic mass is 9.60. The number of carbonyl (C=O) groups is 3. The van der Waals surface area contributed by atoms with Gasteiger partial charge in [-0.05, 0) is 133 Å². The van der Waals surface area contributed by atoms with Gasteiger partial charge >= 0.3 is 17.9 Å². The summed E-state index contributed by atoms with van der Waals surface area (Å²) in [7, 11) is 0. The smallest absolute Gasteiger partial charge is 0.310 e. The largest absolute Gasteiger partial charge is 0.481 e. The highest BCUT2D eigenvalue weighted by Crippen LogP contribution is 2.49. The predicted octanol–water partition coefficient (Wildman–Crippen LogP) is 7.25. The second-order valence-corrected chi connectivity index (χ2v) is 16.6. The van der Waals surface area contributed by atoms with Crippen molar-refractivity contribution in [3.05, 3.63) is 0 Å². The van der Waals surface area contributed by atoms with Crippen LogP contribution in [0.15, 0.2) is 0 Å². The van der Waals surface area contributed by atoms with E-state index in [4.69, 9.17) is 35.1 Å². The van der Waals surface area contributed by atoms with Crippen molar-refractivity contribution >= 4 is 17.9 Å². The standard InChI is InChI=1S/C41H60O11/c1-4-47-34-19-21-36(39(44)45)37(25-34)40(46)51-31-14-10-28(11-15-31)41(2,3)29-12-16-32(17-13-29)52-50-26-27-24-33(18-20-35(27)38(42)43)49-23-22-48-30-8-6-5-7-9-30/h1,27-37H,5-21,24-26H2,2-3H3,(H,42,43)(H,44,45). The Hall–Kier alpha value is -3.15. The molecule has 11 heteroatoms. The first kappa shape index (κ1) is 40.0. The molecular weight excluding hydrogens is 668 g/mol. The number of hydrogen-bond acceptors (Lipinski definition) is 9. The summed E-state index contributed by atoms with van der Waals surface area (Å²) >= 11 is 0. The highest BCUT2D eigenvalue weighted by molar-refractivity contribution is 5.81. The Bertz CT molecular complexity index is 1270. The van der Waals surface area contributed by atoms with Gasteiger partial charge in [0.15, 0.2) is 12.2 Å². The van der Waals surface area contributed by atoms with Gasteiger partial charge in [-0.2, -0.15) is 0 Å². The van der Waals surface area contributed by atoms with Crippen molar-refractivity contribution in [1.82, 2.24) is 0 Å². The van der Waals surface area contributed by atoms with Crippen LogP contribution in [-0.4, -0.2) is 65.2 Å². The third-order valence-electron chi connectivity index (χ3n) is 13.2. The molecule has 0 saturated heterocycles. The summed E-state index contributed by atoms with van der Waals surface area (Å²) in [6.45, 7) is 4.92. The molecule has 0 radical (unpaired) electrons. The first-order chi connectivity index (χ1) is 25.0. The quantitative estimate of drug-likeness (QED) is 0.0855. The predicted molar refractivity (Wildman–Crippen MR) is 190 cm³/mol. The lowest BCUT2D eigenvalue weighted by Gasteiger charge is -2.46. The van der Waals surface area contributed by atoms with Crippen molar-refractivity contribution in [3.63, 3.8) is 0 Å². The van der Waals surface area contributed by atoms with Crippen molar-refractivity contribution in [1.29, 1.82) is 0 Å². The van der Waals surface area contributed by atoms with Crippen LogP contribution in [0.4, 0.5) is 0 Å². The van der Waals surface area contributed by atoms with Gasteiger partial charge in [0.25, 0.3) is 0 Å². The second-order valence-electron chi connectivity index (χ2n) is 16.6. The molecule has 5 saturated carbocycles. The van der Waals surface area contributed by atoms with Crippen LogP contribution in [-0.2, 0) is 43.1 Å². The molecule has 0 heterocycles. The Kier molecular flexibility index (Phi) is 14.8. The zero-order valence-electron chi connectivity index (χ0n) is 31.1. The van der Waals surface area contributed by atoms with Crippen molar-refractivity contribution in [2.45, 2.75) is 166 Å². The van der Waals surface area contributed by atoms with E-state index in [0.717, 1.165) is 64.2 Å². The van der Waals surface area contributed by atoms with Crippen LogP contribution in [0.25, 0.3) is 0 Å². The molecule has 2 N–H and O–H groups in total. The summed E-state index contributed by atoms with van der Waals surface area (Å²) in [6, 6.07) is 0. The molecule has 6 unspecified atom stereocenters. The molecule has 0 spiro atoms. The number of ether oxygens (including phenoxy) is 4. The van der Waals surface area contributed by atoms with Crippen LogP contribution in [0.1, 0.15) is 136 Å². The number of hydrogen-bond donors (Lipinski definition) is 2. The Morgan fingerprint density at radius 2 is 1.15 bits per heavy atom. The minimum absolute atomic E-state index is 0.0241. The van der Waals surface area contributed by atoms with Gasteiger partial charge in [-0.25, -0.2) is 9.78 Å². The number of esters is 1. The van der Waals surface area contributed by atoms with Crippen molar-refractivity contribution in [2.24, 2.45) is 40.9 Å². The average Bonchev–Trinajstić information content (AvgIpc) is 3.14. The highest BCUT2D eigenvalue weighted by Gasteiger charge is 2.44. The van der Waals surface area contributed by atoms with Crippen LogP contribution in [0.2, 0.25) is 0 Å². The molecule has 0 aliphatic heterocycles. The van der Waals surface area contributed by atoms with E-state index >= 15 is 0 Å². The third-order valence-corrected chi connectivity index (χ3v) is 13.2. The first-order valence-corrected chi connectivity index (χ1v) is 19.9. The summed E-state index contributed by atoms with van der Waals surface area (Å²) in [4.78, 5) is 48.6. The summed E-state index contributed by atoms with van der Waals surface area (Å²) in [5.41, 5.74) is 0.106. The van der Waals surface area contributed by atoms with E-state index in [1.807, 2.05) is 0 Å². The van der Waals surface area contributed by atoms with Crippen LogP contribution < -0.4 is 0 Å². The zero-order valence-corrected chi connectivity index (χ0v) is 31.1. The summed E-state index contributed by atoms with van der Waals surface area (Å²) < 4.78 is 22.6. The molecule has 0 amide bonds. The van der Waals surface area contributed by atoms with Crippen molar-refractivity contribution < 1.29 is 53.3 Å². The van der Waals surface area contributed by atoms with E-state index in [1.165, 1.54) is 19.3 Å². The molecule has 6 atom stereocenters. The molecule has 0 aromatic heterocycles. The molecule has 52 heavy (non-hydrogen) atoms. The van der Waals surface area contributed by atoms with Gasteiger partial charge in [-0.1, -0.05) is 26.7 Å². The molecule has 0 aromatic rings. The number of rotatable bonds is 13. The highest BCUT2D eigenvalue weighted by atomic mass is 17.2. The minimum Gasteiger partial charge on any atom is -0.481 e. The lowest BCUT2D eigenvalue weighted by molar-refractivity contribution is -0.338. The maximum absolute atomic E-state index is 13.2. The molecule has 5 rings (SSSR count). The van der Waals surface area contributed by atoms with Crippen LogP contribution in [0, 0.1) is 65.7 Å². The Morgan fingerprint density at radius 3 is 1.75 bits per heavy atom. The fraction of sp³-hybridized carbons (Fsp3) is 0.829. The number of carboxylic acids is 2. The zero-order chi connectivity index (χ0) is 37.1. The molecule has 5 aliphatic rings. The molecule has 0 bridgehead atoms. The van der Waals surface area contributed by atoms with Crippen molar-refractivity contribution in [2.75, 3.05) is 6.61 Å². The van der Waals surface area contributed by atoms with E-state index in [0.29, 0.717) is 43.9 Å².